The van der Waals surface area contributed by atoms with E-state index in [0.29, 0.717) is 18.4 Å². The van der Waals surface area contributed by atoms with Crippen molar-refractivity contribution >= 4 is 28.1 Å². The first-order valence-corrected chi connectivity index (χ1v) is 9.59. The van der Waals surface area contributed by atoms with E-state index in [9.17, 15) is 4.79 Å². The second-order valence-corrected chi connectivity index (χ2v) is 7.45. The number of hydrogen-bond acceptors (Lipinski definition) is 2. The highest BCUT2D eigenvalue weighted by molar-refractivity contribution is 7.10. The third-order valence-corrected chi connectivity index (χ3v) is 5.93. The third kappa shape index (κ3) is 2.98. The number of thiophene rings is 1. The smallest absolute Gasteiger partial charge is 0.223 e. The van der Waals surface area contributed by atoms with Crippen LogP contribution < -0.4 is 0 Å². The molecule has 3 aromatic rings. The number of H-pyrrole nitrogens is 1. The summed E-state index contributed by atoms with van der Waals surface area (Å²) < 4.78 is 0. The highest BCUT2D eigenvalue weighted by Gasteiger charge is 2.29. The summed E-state index contributed by atoms with van der Waals surface area (Å²) in [7, 11) is 0. The van der Waals surface area contributed by atoms with Crippen molar-refractivity contribution in [2.45, 2.75) is 38.1 Å². The molecule has 24 heavy (non-hydrogen) atoms. The Kier molecular flexibility index (Phi) is 4.39. The number of aryl methyl sites for hydroxylation is 1. The molecule has 0 saturated carbocycles. The molecule has 3 nitrogen and oxygen atoms in total. The Bertz CT molecular complexity index is 821. The average Bonchev–Trinajstić information content (AvgIpc) is 3.34. The van der Waals surface area contributed by atoms with Gasteiger partial charge in [-0.25, -0.2) is 0 Å². The van der Waals surface area contributed by atoms with Gasteiger partial charge in [-0.05, 0) is 48.8 Å². The molecule has 1 atom stereocenters. The number of hydrogen-bond donors (Lipinski definition) is 1. The molecule has 3 heterocycles. The van der Waals surface area contributed by atoms with Crippen LogP contribution >= 0.6 is 11.3 Å². The molecule has 1 saturated heterocycles. The number of amides is 1. The van der Waals surface area contributed by atoms with Crippen LogP contribution in [0.4, 0.5) is 0 Å². The number of benzene rings is 1. The van der Waals surface area contributed by atoms with Gasteiger partial charge in [0.15, 0.2) is 0 Å². The quantitative estimate of drug-likeness (QED) is 0.704. The molecule has 1 aliphatic rings. The van der Waals surface area contributed by atoms with Crippen LogP contribution in [0, 0.1) is 0 Å². The summed E-state index contributed by atoms with van der Waals surface area (Å²) >= 11 is 1.77. The van der Waals surface area contributed by atoms with Crippen molar-refractivity contribution in [1.29, 1.82) is 0 Å². The molecule has 0 radical (unpaired) electrons. The molecule has 1 aliphatic heterocycles. The minimum atomic E-state index is 0.311. The SMILES string of the molecule is O=C(CCCc1c[nH]c2ccccc12)N1CCCC1c1cccs1. The maximum Gasteiger partial charge on any atom is 0.223 e. The largest absolute Gasteiger partial charge is 0.361 e. The van der Waals surface area contributed by atoms with Crippen LogP contribution in [-0.2, 0) is 11.2 Å². The highest BCUT2D eigenvalue weighted by atomic mass is 32.1. The lowest BCUT2D eigenvalue weighted by molar-refractivity contribution is -0.132. The van der Waals surface area contributed by atoms with Gasteiger partial charge in [0.1, 0.15) is 0 Å². The van der Waals surface area contributed by atoms with Crippen molar-refractivity contribution in [2.24, 2.45) is 0 Å². The number of aromatic nitrogens is 1. The maximum atomic E-state index is 12.7. The third-order valence-electron chi connectivity index (χ3n) is 4.96. The van der Waals surface area contributed by atoms with E-state index in [0.717, 1.165) is 32.2 Å². The zero-order chi connectivity index (χ0) is 16.4. The molecule has 1 N–H and O–H groups in total. The molecule has 1 aromatic carbocycles. The maximum absolute atomic E-state index is 12.7. The second kappa shape index (κ2) is 6.81. The Morgan fingerprint density at radius 3 is 3.04 bits per heavy atom. The molecule has 4 heteroatoms. The summed E-state index contributed by atoms with van der Waals surface area (Å²) in [6.07, 6.45) is 6.81. The average molecular weight is 338 g/mol. The van der Waals surface area contributed by atoms with Crippen molar-refractivity contribution < 1.29 is 4.79 Å². The number of carbonyl (C=O) groups excluding carboxylic acids is 1. The van der Waals surface area contributed by atoms with Crippen LogP contribution in [0.1, 0.15) is 42.2 Å². The molecule has 1 amide bonds. The number of aromatic amines is 1. The fourth-order valence-corrected chi connectivity index (χ4v) is 4.63. The first-order chi connectivity index (χ1) is 11.8. The number of fused-ring (bicyclic) bond motifs is 1. The number of likely N-dealkylation sites (tertiary alicyclic amines) is 1. The molecule has 124 valence electrons. The summed E-state index contributed by atoms with van der Waals surface area (Å²) in [5.74, 6) is 0.311. The van der Waals surface area contributed by atoms with Gasteiger partial charge in [-0.2, -0.15) is 0 Å². The predicted octanol–water partition coefficient (Wildman–Crippen LogP) is 4.92. The van der Waals surface area contributed by atoms with E-state index >= 15 is 0 Å². The van der Waals surface area contributed by atoms with Gasteiger partial charge in [0.25, 0.3) is 0 Å². The van der Waals surface area contributed by atoms with E-state index in [1.165, 1.54) is 21.3 Å². The van der Waals surface area contributed by atoms with Gasteiger partial charge < -0.3 is 9.88 Å². The van der Waals surface area contributed by atoms with Crippen LogP contribution in [0.15, 0.2) is 48.0 Å². The van der Waals surface area contributed by atoms with E-state index in [2.05, 4.69) is 51.8 Å². The Hall–Kier alpha value is -2.07. The molecule has 1 unspecified atom stereocenters. The summed E-state index contributed by atoms with van der Waals surface area (Å²) in [6.45, 7) is 0.911. The number of carbonyl (C=O) groups is 1. The fourth-order valence-electron chi connectivity index (χ4n) is 3.75. The Labute approximate surface area is 146 Å². The van der Waals surface area contributed by atoms with E-state index in [4.69, 9.17) is 0 Å². The Balaban J connectivity index is 1.36. The minimum absolute atomic E-state index is 0.311. The normalized spacial score (nSPS) is 17.7. The molecule has 0 bridgehead atoms. The van der Waals surface area contributed by atoms with Crippen molar-refractivity contribution in [3.05, 3.63) is 58.4 Å². The zero-order valence-corrected chi connectivity index (χ0v) is 14.5. The topological polar surface area (TPSA) is 36.1 Å². The lowest BCUT2D eigenvalue weighted by Gasteiger charge is -2.24. The van der Waals surface area contributed by atoms with Crippen LogP contribution in [0.25, 0.3) is 10.9 Å². The second-order valence-electron chi connectivity index (χ2n) is 6.47. The first kappa shape index (κ1) is 15.5. The van der Waals surface area contributed by atoms with Crippen molar-refractivity contribution in [3.63, 3.8) is 0 Å². The van der Waals surface area contributed by atoms with E-state index in [1.54, 1.807) is 11.3 Å². The fraction of sp³-hybridized carbons (Fsp3) is 0.350. The van der Waals surface area contributed by atoms with Gasteiger partial charge in [-0.15, -0.1) is 11.3 Å². The number of nitrogens with zero attached hydrogens (tertiary/aromatic N) is 1. The van der Waals surface area contributed by atoms with Gasteiger partial charge in [0.05, 0.1) is 6.04 Å². The predicted molar refractivity (Wildman–Crippen MR) is 99.2 cm³/mol. The molecular formula is C20H22N2OS. The minimum Gasteiger partial charge on any atom is -0.361 e. The van der Waals surface area contributed by atoms with Crippen molar-refractivity contribution in [2.75, 3.05) is 6.54 Å². The lowest BCUT2D eigenvalue weighted by atomic mass is 10.1. The van der Waals surface area contributed by atoms with Crippen molar-refractivity contribution in [3.8, 4) is 0 Å². The molecule has 0 aliphatic carbocycles. The molecule has 2 aromatic heterocycles. The molecule has 1 fully saturated rings. The monoisotopic (exact) mass is 338 g/mol. The van der Waals surface area contributed by atoms with E-state index < -0.39 is 0 Å². The summed E-state index contributed by atoms with van der Waals surface area (Å²) in [5.41, 5.74) is 2.49. The zero-order valence-electron chi connectivity index (χ0n) is 13.7. The van der Waals surface area contributed by atoms with Crippen LogP contribution in [0.2, 0.25) is 0 Å². The van der Waals surface area contributed by atoms with Crippen molar-refractivity contribution in [1.82, 2.24) is 9.88 Å². The molecular weight excluding hydrogens is 316 g/mol. The van der Waals surface area contributed by atoms with Crippen LogP contribution in [-0.4, -0.2) is 22.3 Å². The Morgan fingerprint density at radius 2 is 2.17 bits per heavy atom. The summed E-state index contributed by atoms with van der Waals surface area (Å²) in [4.78, 5) is 19.4. The summed E-state index contributed by atoms with van der Waals surface area (Å²) in [5, 5.41) is 3.38. The van der Waals surface area contributed by atoms with Gasteiger partial charge in [0.2, 0.25) is 5.91 Å². The number of nitrogens with one attached hydrogen (secondary N) is 1. The Morgan fingerprint density at radius 1 is 1.25 bits per heavy atom. The first-order valence-electron chi connectivity index (χ1n) is 8.71. The van der Waals surface area contributed by atoms with Gasteiger partial charge >= 0.3 is 0 Å². The van der Waals surface area contributed by atoms with Crippen LogP contribution in [0.5, 0.6) is 0 Å². The van der Waals surface area contributed by atoms with Gasteiger partial charge in [0, 0.05) is 34.9 Å². The standard InChI is InChI=1S/C20H22N2OS/c23-20(22-12-4-9-18(22)19-10-5-13-24-19)11-3-6-15-14-21-17-8-2-1-7-16(15)17/h1-2,5,7-8,10,13-14,18,21H,3-4,6,9,11-12H2. The van der Waals surface area contributed by atoms with Gasteiger partial charge in [-0.1, -0.05) is 24.3 Å². The van der Waals surface area contributed by atoms with E-state index in [1.807, 2.05) is 6.07 Å². The number of rotatable bonds is 5. The lowest BCUT2D eigenvalue weighted by Crippen LogP contribution is -2.30. The summed E-state index contributed by atoms with van der Waals surface area (Å²) in [6, 6.07) is 12.9. The molecule has 0 spiro atoms. The van der Waals surface area contributed by atoms with E-state index in [-0.39, 0.29) is 0 Å². The van der Waals surface area contributed by atoms with Crippen LogP contribution in [0.3, 0.4) is 0 Å². The van der Waals surface area contributed by atoms with Gasteiger partial charge in [-0.3, -0.25) is 4.79 Å². The number of para-hydroxylation sites is 1. The molecule has 4 rings (SSSR count). The highest BCUT2D eigenvalue weighted by Crippen LogP contribution is 2.35.